The van der Waals surface area contributed by atoms with Crippen LogP contribution in [-0.2, 0) is 17.5 Å². The van der Waals surface area contributed by atoms with Crippen molar-refractivity contribution in [3.05, 3.63) is 35.7 Å². The molecule has 0 bridgehead atoms. The second kappa shape index (κ2) is 8.91. The average Bonchev–Trinajstić information content (AvgIpc) is 3.02. The summed E-state index contributed by atoms with van der Waals surface area (Å²) in [5.74, 6) is 0.565. The largest absolute Gasteiger partial charge is 0.416 e. The number of halogens is 3. The quantitative estimate of drug-likeness (QED) is 0.753. The molecule has 29 heavy (non-hydrogen) atoms. The predicted octanol–water partition coefficient (Wildman–Crippen LogP) is 2.35. The van der Waals surface area contributed by atoms with E-state index in [1.54, 1.807) is 19.0 Å². The summed E-state index contributed by atoms with van der Waals surface area (Å²) in [5.41, 5.74) is -0.486. The lowest BCUT2D eigenvalue weighted by Crippen LogP contribution is -2.38. The van der Waals surface area contributed by atoms with Crippen molar-refractivity contribution in [2.24, 2.45) is 0 Å². The highest BCUT2D eigenvalue weighted by Gasteiger charge is 2.31. The molecule has 0 unspecified atom stereocenters. The van der Waals surface area contributed by atoms with Crippen LogP contribution in [0.15, 0.2) is 28.8 Å². The monoisotopic (exact) mass is 411 g/mol. The molecule has 2 aromatic rings. The summed E-state index contributed by atoms with van der Waals surface area (Å²) < 4.78 is 43.9. The van der Waals surface area contributed by atoms with Crippen LogP contribution in [0.4, 0.5) is 13.2 Å². The van der Waals surface area contributed by atoms with E-state index in [0.29, 0.717) is 19.0 Å². The van der Waals surface area contributed by atoms with Gasteiger partial charge in [-0.1, -0.05) is 17.3 Å². The average molecular weight is 411 g/mol. The minimum absolute atomic E-state index is 0.0704. The van der Waals surface area contributed by atoms with Gasteiger partial charge in [0.2, 0.25) is 17.6 Å². The van der Waals surface area contributed by atoms with Gasteiger partial charge in [-0.05, 0) is 31.6 Å². The first-order valence-electron chi connectivity index (χ1n) is 9.37. The number of hydrogen-bond acceptors (Lipinski definition) is 6. The highest BCUT2D eigenvalue weighted by atomic mass is 19.4. The van der Waals surface area contributed by atoms with E-state index in [-0.39, 0.29) is 17.3 Å². The fourth-order valence-electron chi connectivity index (χ4n) is 3.14. The lowest BCUT2D eigenvalue weighted by Gasteiger charge is -2.22. The van der Waals surface area contributed by atoms with Crippen LogP contribution in [0.3, 0.4) is 0 Å². The number of nitrogens with zero attached hydrogens (tertiary/aromatic N) is 5. The van der Waals surface area contributed by atoms with Crippen LogP contribution in [0.2, 0.25) is 0 Å². The lowest BCUT2D eigenvalue weighted by molar-refractivity contribution is -0.137. The standard InChI is InChI=1S/C19H24F3N5O2/c1-25(2)17(28)13-27-8-4-7-26(9-10-27)12-16-23-18(24-29-16)14-5-3-6-15(11-14)19(20,21)22/h3,5-6,11H,4,7-10,12-13H2,1-2H3. The molecule has 3 rings (SSSR count). The maximum absolute atomic E-state index is 12.9. The Labute approximate surface area is 167 Å². The molecule has 0 aliphatic carbocycles. The van der Waals surface area contributed by atoms with Crippen LogP contribution >= 0.6 is 0 Å². The van der Waals surface area contributed by atoms with Crippen molar-refractivity contribution in [3.63, 3.8) is 0 Å². The van der Waals surface area contributed by atoms with Gasteiger partial charge in [0.1, 0.15) is 0 Å². The third kappa shape index (κ3) is 5.77. The Morgan fingerprint density at radius 2 is 1.90 bits per heavy atom. The summed E-state index contributed by atoms with van der Waals surface area (Å²) >= 11 is 0. The third-order valence-electron chi connectivity index (χ3n) is 4.81. The molecule has 1 aromatic heterocycles. The van der Waals surface area contributed by atoms with Crippen LogP contribution in [0.5, 0.6) is 0 Å². The van der Waals surface area contributed by atoms with Gasteiger partial charge < -0.3 is 9.42 Å². The van der Waals surface area contributed by atoms with Crippen molar-refractivity contribution in [2.45, 2.75) is 19.1 Å². The summed E-state index contributed by atoms with van der Waals surface area (Å²) in [6, 6.07) is 4.87. The molecule has 0 spiro atoms. The second-order valence-corrected chi connectivity index (χ2v) is 7.28. The normalized spacial score (nSPS) is 16.6. The van der Waals surface area contributed by atoms with Crippen molar-refractivity contribution in [1.29, 1.82) is 0 Å². The zero-order chi connectivity index (χ0) is 21.0. The van der Waals surface area contributed by atoms with Crippen molar-refractivity contribution in [2.75, 3.05) is 46.8 Å². The van der Waals surface area contributed by atoms with Crippen LogP contribution in [0, 0.1) is 0 Å². The van der Waals surface area contributed by atoms with Gasteiger partial charge in [0, 0.05) is 32.7 Å². The van der Waals surface area contributed by atoms with E-state index in [0.717, 1.165) is 44.7 Å². The Bertz CT molecular complexity index is 837. The fourth-order valence-corrected chi connectivity index (χ4v) is 3.14. The van der Waals surface area contributed by atoms with E-state index in [1.807, 2.05) is 0 Å². The minimum atomic E-state index is -4.42. The molecule has 10 heteroatoms. The highest BCUT2D eigenvalue weighted by Crippen LogP contribution is 2.31. The Kier molecular flexibility index (Phi) is 6.53. The van der Waals surface area contributed by atoms with E-state index in [4.69, 9.17) is 4.52 Å². The van der Waals surface area contributed by atoms with Gasteiger partial charge in [0.25, 0.3) is 0 Å². The number of alkyl halides is 3. The summed E-state index contributed by atoms with van der Waals surface area (Å²) in [4.78, 5) is 22.0. The number of likely N-dealkylation sites (N-methyl/N-ethyl adjacent to an activating group) is 1. The Balaban J connectivity index is 1.60. The number of hydrogen-bond donors (Lipinski definition) is 0. The SMILES string of the molecule is CN(C)C(=O)CN1CCCN(Cc2nc(-c3cccc(C(F)(F)F)c3)no2)CC1. The van der Waals surface area contributed by atoms with Gasteiger partial charge in [-0.15, -0.1) is 0 Å². The van der Waals surface area contributed by atoms with Crippen molar-refractivity contribution >= 4 is 5.91 Å². The van der Waals surface area contributed by atoms with E-state index < -0.39 is 11.7 Å². The molecule has 1 saturated heterocycles. The van der Waals surface area contributed by atoms with E-state index in [9.17, 15) is 18.0 Å². The van der Waals surface area contributed by atoms with Gasteiger partial charge in [-0.2, -0.15) is 18.2 Å². The van der Waals surface area contributed by atoms with E-state index in [2.05, 4.69) is 19.9 Å². The highest BCUT2D eigenvalue weighted by molar-refractivity contribution is 5.77. The topological polar surface area (TPSA) is 65.7 Å². The molecule has 7 nitrogen and oxygen atoms in total. The predicted molar refractivity (Wildman–Crippen MR) is 99.8 cm³/mol. The maximum Gasteiger partial charge on any atom is 0.416 e. The first-order chi connectivity index (χ1) is 13.7. The Hall–Kier alpha value is -2.46. The molecule has 0 saturated carbocycles. The summed E-state index contributed by atoms with van der Waals surface area (Å²) in [5, 5.41) is 3.83. The third-order valence-corrected chi connectivity index (χ3v) is 4.81. The van der Waals surface area contributed by atoms with Crippen LogP contribution in [-0.4, -0.2) is 77.6 Å². The summed E-state index contributed by atoms with van der Waals surface area (Å²) in [6.07, 6.45) is -3.52. The smallest absolute Gasteiger partial charge is 0.348 e. The second-order valence-electron chi connectivity index (χ2n) is 7.28. The fraction of sp³-hybridized carbons (Fsp3) is 0.526. The minimum Gasteiger partial charge on any atom is -0.348 e. The molecule has 0 N–H and O–H groups in total. The Morgan fingerprint density at radius 1 is 1.17 bits per heavy atom. The van der Waals surface area contributed by atoms with Crippen molar-refractivity contribution in [1.82, 2.24) is 24.8 Å². The molecular weight excluding hydrogens is 387 g/mol. The van der Waals surface area contributed by atoms with Gasteiger partial charge in [0.05, 0.1) is 18.7 Å². The van der Waals surface area contributed by atoms with E-state index in [1.165, 1.54) is 12.1 Å². The summed E-state index contributed by atoms with van der Waals surface area (Å²) in [6.45, 7) is 3.93. The number of benzene rings is 1. The molecule has 0 radical (unpaired) electrons. The molecular formula is C19H24F3N5O2. The lowest BCUT2D eigenvalue weighted by atomic mass is 10.1. The molecule has 1 amide bonds. The molecule has 1 fully saturated rings. The van der Waals surface area contributed by atoms with Crippen molar-refractivity contribution in [3.8, 4) is 11.4 Å². The number of carbonyl (C=O) groups is 1. The van der Waals surface area contributed by atoms with Crippen molar-refractivity contribution < 1.29 is 22.5 Å². The molecule has 2 heterocycles. The first-order valence-corrected chi connectivity index (χ1v) is 9.37. The van der Waals surface area contributed by atoms with Gasteiger partial charge in [-0.25, -0.2) is 0 Å². The van der Waals surface area contributed by atoms with Gasteiger partial charge in [-0.3, -0.25) is 14.6 Å². The zero-order valence-corrected chi connectivity index (χ0v) is 16.4. The van der Waals surface area contributed by atoms with Crippen LogP contribution in [0.25, 0.3) is 11.4 Å². The van der Waals surface area contributed by atoms with Gasteiger partial charge in [0.15, 0.2) is 0 Å². The first kappa shape index (κ1) is 21.3. The van der Waals surface area contributed by atoms with Gasteiger partial charge >= 0.3 is 6.18 Å². The molecule has 158 valence electrons. The molecule has 1 aliphatic rings. The van der Waals surface area contributed by atoms with E-state index >= 15 is 0 Å². The number of aromatic nitrogens is 2. The number of carbonyl (C=O) groups excluding carboxylic acids is 1. The number of rotatable bonds is 5. The maximum atomic E-state index is 12.9. The van der Waals surface area contributed by atoms with Crippen LogP contribution < -0.4 is 0 Å². The summed E-state index contributed by atoms with van der Waals surface area (Å²) in [7, 11) is 3.48. The molecule has 1 aromatic carbocycles. The molecule has 0 atom stereocenters. The van der Waals surface area contributed by atoms with Crippen LogP contribution in [0.1, 0.15) is 17.9 Å². The zero-order valence-electron chi connectivity index (χ0n) is 16.4. The molecule has 1 aliphatic heterocycles. The Morgan fingerprint density at radius 3 is 2.62 bits per heavy atom. The number of amides is 1.